The summed E-state index contributed by atoms with van der Waals surface area (Å²) in [6, 6.07) is 1.37. The highest BCUT2D eigenvalue weighted by atomic mass is 16.1. The molecule has 102 valence electrons. The Kier molecular flexibility index (Phi) is 3.64. The van der Waals surface area contributed by atoms with Gasteiger partial charge >= 0.3 is 0 Å². The third-order valence-electron chi connectivity index (χ3n) is 3.20. The third kappa shape index (κ3) is 2.64. The number of hydrogen-bond donors (Lipinski definition) is 2. The van der Waals surface area contributed by atoms with Crippen molar-refractivity contribution in [2.24, 2.45) is 11.7 Å². The van der Waals surface area contributed by atoms with Gasteiger partial charge in [0.2, 0.25) is 5.91 Å². The minimum absolute atomic E-state index is 0.129. The van der Waals surface area contributed by atoms with Crippen LogP contribution in [0.1, 0.15) is 26.0 Å². The van der Waals surface area contributed by atoms with Crippen LogP contribution in [0.25, 0.3) is 5.78 Å². The summed E-state index contributed by atoms with van der Waals surface area (Å²) in [6.45, 7) is 5.86. The number of carbonyl (C=O) groups is 1. The van der Waals surface area contributed by atoms with Crippen molar-refractivity contribution in [2.75, 3.05) is 5.32 Å². The van der Waals surface area contributed by atoms with Crippen LogP contribution in [-0.2, 0) is 4.79 Å². The molecular weight excluding hydrogens is 244 g/mol. The number of anilines is 1. The summed E-state index contributed by atoms with van der Waals surface area (Å²) < 4.78 is 1.56. The second-order valence-corrected chi connectivity index (χ2v) is 4.66. The predicted molar refractivity (Wildman–Crippen MR) is 71.6 cm³/mol. The molecule has 0 radical (unpaired) electrons. The first-order valence-corrected chi connectivity index (χ1v) is 6.26. The third-order valence-corrected chi connectivity index (χ3v) is 3.20. The first-order chi connectivity index (χ1) is 9.02. The highest BCUT2D eigenvalue weighted by molar-refractivity contribution is 5.83. The summed E-state index contributed by atoms with van der Waals surface area (Å²) in [6.07, 6.45) is 2.28. The zero-order valence-corrected chi connectivity index (χ0v) is 11.3. The van der Waals surface area contributed by atoms with Gasteiger partial charge in [0.15, 0.2) is 0 Å². The van der Waals surface area contributed by atoms with Gasteiger partial charge in [-0.15, -0.1) is 0 Å². The molecule has 2 aromatic rings. The molecule has 0 aliphatic carbocycles. The first-order valence-electron chi connectivity index (χ1n) is 6.26. The van der Waals surface area contributed by atoms with Crippen LogP contribution in [0.4, 0.5) is 5.82 Å². The molecular formula is C12H18N6O. The van der Waals surface area contributed by atoms with Gasteiger partial charge in [-0.25, -0.2) is 4.98 Å². The van der Waals surface area contributed by atoms with E-state index < -0.39 is 6.04 Å². The van der Waals surface area contributed by atoms with Gasteiger partial charge in [0.1, 0.15) is 18.2 Å². The molecule has 2 rings (SSSR count). The number of hydrogen-bond acceptors (Lipinski definition) is 5. The first kappa shape index (κ1) is 13.3. The number of rotatable bonds is 5. The fourth-order valence-electron chi connectivity index (χ4n) is 1.92. The van der Waals surface area contributed by atoms with E-state index in [1.807, 2.05) is 26.8 Å². The predicted octanol–water partition coefficient (Wildman–Crippen LogP) is 0.745. The second kappa shape index (κ2) is 5.21. The molecule has 0 saturated heterocycles. The molecule has 0 aliphatic heterocycles. The maximum atomic E-state index is 11.6. The molecule has 2 heterocycles. The molecule has 0 bridgehead atoms. The number of nitrogens with zero attached hydrogens (tertiary/aromatic N) is 4. The Labute approximate surface area is 111 Å². The highest BCUT2D eigenvalue weighted by Crippen LogP contribution is 2.16. The van der Waals surface area contributed by atoms with E-state index in [-0.39, 0.29) is 11.8 Å². The lowest BCUT2D eigenvalue weighted by Crippen LogP contribution is -2.41. The van der Waals surface area contributed by atoms with Crippen LogP contribution in [0.15, 0.2) is 12.4 Å². The summed E-state index contributed by atoms with van der Waals surface area (Å²) in [5.74, 6) is 0.917. The van der Waals surface area contributed by atoms with Gasteiger partial charge in [-0.2, -0.15) is 14.6 Å². The Balaban J connectivity index is 2.38. The Morgan fingerprint density at radius 1 is 1.58 bits per heavy atom. The highest BCUT2D eigenvalue weighted by Gasteiger charge is 2.22. The minimum Gasteiger partial charge on any atom is -0.368 e. The summed E-state index contributed by atoms with van der Waals surface area (Å²) in [5, 5.41) is 7.23. The average molecular weight is 262 g/mol. The quantitative estimate of drug-likeness (QED) is 0.828. The summed E-state index contributed by atoms with van der Waals surface area (Å²) in [4.78, 5) is 19.9. The van der Waals surface area contributed by atoms with E-state index in [1.54, 1.807) is 4.52 Å². The fraction of sp³-hybridized carbons (Fsp3) is 0.500. The second-order valence-electron chi connectivity index (χ2n) is 4.66. The normalized spacial score (nSPS) is 14.3. The van der Waals surface area contributed by atoms with Crippen molar-refractivity contribution in [3.63, 3.8) is 0 Å². The summed E-state index contributed by atoms with van der Waals surface area (Å²) >= 11 is 0. The largest absolute Gasteiger partial charge is 0.368 e. The van der Waals surface area contributed by atoms with Crippen LogP contribution in [-0.4, -0.2) is 31.5 Å². The topological polar surface area (TPSA) is 98.2 Å². The van der Waals surface area contributed by atoms with Gasteiger partial charge in [0.05, 0.1) is 0 Å². The van der Waals surface area contributed by atoms with Crippen LogP contribution in [0.5, 0.6) is 0 Å². The molecule has 3 N–H and O–H groups in total. The van der Waals surface area contributed by atoms with Crippen molar-refractivity contribution in [1.29, 1.82) is 0 Å². The van der Waals surface area contributed by atoms with Gasteiger partial charge in [0.25, 0.3) is 5.78 Å². The standard InChI is InChI=1S/C12H18N6O/c1-4-7(2)10(11(13)19)17-9-5-8(3)16-12-14-6-15-18(9)12/h5-7,10,17H,4H2,1-3H3,(H2,13,19)/t7-,10-/m1/s1. The summed E-state index contributed by atoms with van der Waals surface area (Å²) in [5.41, 5.74) is 6.26. The lowest BCUT2D eigenvalue weighted by molar-refractivity contribution is -0.119. The number of primary amides is 1. The van der Waals surface area contributed by atoms with Gasteiger partial charge in [-0.1, -0.05) is 20.3 Å². The number of carbonyl (C=O) groups excluding carboxylic acids is 1. The van der Waals surface area contributed by atoms with Crippen molar-refractivity contribution in [3.8, 4) is 0 Å². The molecule has 0 aromatic carbocycles. The SMILES string of the molecule is CC[C@@H](C)[C@@H](Nc1cc(C)nc2ncnn12)C(N)=O. The van der Waals surface area contributed by atoms with Crippen molar-refractivity contribution >= 4 is 17.5 Å². The number of amides is 1. The maximum absolute atomic E-state index is 11.6. The van der Waals surface area contributed by atoms with E-state index in [0.717, 1.165) is 12.1 Å². The van der Waals surface area contributed by atoms with Gasteiger partial charge in [-0.3, -0.25) is 4.79 Å². The van der Waals surface area contributed by atoms with Crippen LogP contribution in [0.2, 0.25) is 0 Å². The maximum Gasteiger partial charge on any atom is 0.254 e. The lowest BCUT2D eigenvalue weighted by atomic mass is 9.99. The lowest BCUT2D eigenvalue weighted by Gasteiger charge is -2.22. The number of nitrogens with one attached hydrogen (secondary N) is 1. The molecule has 1 amide bonds. The molecule has 0 spiro atoms. The molecule has 7 nitrogen and oxygen atoms in total. The van der Waals surface area contributed by atoms with Crippen molar-refractivity contribution in [1.82, 2.24) is 19.6 Å². The molecule has 0 aliphatic rings. The number of fused-ring (bicyclic) bond motifs is 1. The van der Waals surface area contributed by atoms with Crippen LogP contribution in [0.3, 0.4) is 0 Å². The molecule has 2 aromatic heterocycles. The van der Waals surface area contributed by atoms with E-state index in [2.05, 4.69) is 20.4 Å². The van der Waals surface area contributed by atoms with Crippen LogP contribution >= 0.6 is 0 Å². The Bertz CT molecular complexity index is 593. The summed E-state index contributed by atoms with van der Waals surface area (Å²) in [7, 11) is 0. The Morgan fingerprint density at radius 2 is 2.32 bits per heavy atom. The van der Waals surface area contributed by atoms with Crippen LogP contribution in [0, 0.1) is 12.8 Å². The van der Waals surface area contributed by atoms with Crippen molar-refractivity contribution in [3.05, 3.63) is 18.1 Å². The van der Waals surface area contributed by atoms with Crippen molar-refractivity contribution < 1.29 is 4.79 Å². The number of nitrogens with two attached hydrogens (primary N) is 1. The zero-order valence-electron chi connectivity index (χ0n) is 11.3. The van der Waals surface area contributed by atoms with Crippen LogP contribution < -0.4 is 11.1 Å². The minimum atomic E-state index is -0.445. The molecule has 19 heavy (non-hydrogen) atoms. The Hall–Kier alpha value is -2.18. The van der Waals surface area contributed by atoms with E-state index >= 15 is 0 Å². The smallest absolute Gasteiger partial charge is 0.254 e. The van der Waals surface area contributed by atoms with Gasteiger partial charge in [0, 0.05) is 11.8 Å². The zero-order chi connectivity index (χ0) is 14.0. The Morgan fingerprint density at radius 3 is 2.95 bits per heavy atom. The molecule has 0 unspecified atom stereocenters. The van der Waals surface area contributed by atoms with E-state index in [0.29, 0.717) is 11.6 Å². The van der Waals surface area contributed by atoms with Crippen molar-refractivity contribution in [2.45, 2.75) is 33.2 Å². The number of aryl methyl sites for hydroxylation is 1. The fourth-order valence-corrected chi connectivity index (χ4v) is 1.92. The average Bonchev–Trinajstić information content (AvgIpc) is 2.82. The molecule has 7 heteroatoms. The van der Waals surface area contributed by atoms with E-state index in [4.69, 9.17) is 5.73 Å². The molecule has 2 atom stereocenters. The van der Waals surface area contributed by atoms with E-state index in [9.17, 15) is 4.79 Å². The van der Waals surface area contributed by atoms with Gasteiger partial charge in [-0.05, 0) is 12.8 Å². The molecule has 0 saturated carbocycles. The molecule has 0 fully saturated rings. The monoisotopic (exact) mass is 262 g/mol. The van der Waals surface area contributed by atoms with Gasteiger partial charge < -0.3 is 11.1 Å². The van der Waals surface area contributed by atoms with E-state index in [1.165, 1.54) is 6.33 Å². The number of aromatic nitrogens is 4.